The highest BCUT2D eigenvalue weighted by molar-refractivity contribution is 7.89. The standard InChI is InChI=1S/C24H26F2N2O5S/c1-33-24(30)23(20-16-18(25)9-12-21(20)26)27-22(29)13-8-17-6-10-19(11-7-17)34(31,32)28-14-4-2-3-5-15-28/h6-13,16,23H,2-5,14-15H2,1H3,(H,27,29)/b13-8+/t23-/m1/s1. The normalized spacial score (nSPS) is 16.1. The van der Waals surface area contributed by atoms with Crippen LogP contribution in [0.2, 0.25) is 0 Å². The first-order valence-corrected chi connectivity index (χ1v) is 12.3. The second-order valence-corrected chi connectivity index (χ2v) is 9.79. The average molecular weight is 493 g/mol. The molecular formula is C24H26F2N2O5S. The number of ether oxygens (including phenoxy) is 1. The zero-order chi connectivity index (χ0) is 24.7. The summed E-state index contributed by atoms with van der Waals surface area (Å²) in [5.41, 5.74) is 0.174. The second-order valence-electron chi connectivity index (χ2n) is 7.85. The molecule has 1 amide bonds. The minimum absolute atomic E-state index is 0.170. The predicted octanol–water partition coefficient (Wildman–Crippen LogP) is 3.57. The quantitative estimate of drug-likeness (QED) is 0.471. The Morgan fingerprint density at radius 3 is 2.29 bits per heavy atom. The van der Waals surface area contributed by atoms with Crippen molar-refractivity contribution in [2.75, 3.05) is 20.2 Å². The van der Waals surface area contributed by atoms with Crippen LogP contribution in [0.1, 0.15) is 42.9 Å². The Kier molecular flexibility index (Phi) is 8.51. The predicted molar refractivity (Wildman–Crippen MR) is 122 cm³/mol. The summed E-state index contributed by atoms with van der Waals surface area (Å²) in [5.74, 6) is -3.36. The van der Waals surface area contributed by atoms with E-state index in [1.165, 1.54) is 22.5 Å². The third kappa shape index (κ3) is 6.27. The first-order chi connectivity index (χ1) is 16.2. The average Bonchev–Trinajstić information content (AvgIpc) is 3.13. The van der Waals surface area contributed by atoms with Gasteiger partial charge in [-0.3, -0.25) is 4.79 Å². The van der Waals surface area contributed by atoms with Crippen LogP contribution in [-0.4, -0.2) is 44.8 Å². The number of benzene rings is 2. The van der Waals surface area contributed by atoms with Gasteiger partial charge in [0.2, 0.25) is 15.9 Å². The largest absolute Gasteiger partial charge is 0.467 e. The van der Waals surface area contributed by atoms with Gasteiger partial charge in [0.25, 0.3) is 0 Å². The molecule has 1 aliphatic rings. The van der Waals surface area contributed by atoms with Gasteiger partial charge in [-0.1, -0.05) is 25.0 Å². The van der Waals surface area contributed by atoms with E-state index in [4.69, 9.17) is 0 Å². The molecule has 10 heteroatoms. The van der Waals surface area contributed by atoms with Gasteiger partial charge in [0.15, 0.2) is 6.04 Å². The lowest BCUT2D eigenvalue weighted by atomic mass is 10.1. The molecule has 0 bridgehead atoms. The van der Waals surface area contributed by atoms with Crippen LogP contribution in [0.15, 0.2) is 53.4 Å². The van der Waals surface area contributed by atoms with Crippen molar-refractivity contribution in [1.82, 2.24) is 9.62 Å². The molecule has 1 heterocycles. The van der Waals surface area contributed by atoms with Crippen LogP contribution in [0.4, 0.5) is 8.78 Å². The van der Waals surface area contributed by atoms with Crippen LogP contribution in [-0.2, 0) is 24.3 Å². The Morgan fingerprint density at radius 2 is 1.68 bits per heavy atom. The number of amides is 1. The van der Waals surface area contributed by atoms with Gasteiger partial charge in [0.1, 0.15) is 11.6 Å². The van der Waals surface area contributed by atoms with E-state index < -0.39 is 39.6 Å². The van der Waals surface area contributed by atoms with Crippen molar-refractivity contribution in [3.63, 3.8) is 0 Å². The van der Waals surface area contributed by atoms with Crippen molar-refractivity contribution < 1.29 is 31.5 Å². The van der Waals surface area contributed by atoms with Crippen LogP contribution in [0.3, 0.4) is 0 Å². The highest BCUT2D eigenvalue weighted by Gasteiger charge is 2.27. The molecule has 1 aliphatic heterocycles. The number of sulfonamides is 1. The van der Waals surface area contributed by atoms with E-state index in [2.05, 4.69) is 10.1 Å². The van der Waals surface area contributed by atoms with Gasteiger partial charge >= 0.3 is 5.97 Å². The zero-order valence-corrected chi connectivity index (χ0v) is 19.5. The van der Waals surface area contributed by atoms with Crippen molar-refractivity contribution >= 4 is 28.0 Å². The van der Waals surface area contributed by atoms with Gasteiger partial charge in [-0.05, 0) is 54.8 Å². The van der Waals surface area contributed by atoms with Gasteiger partial charge < -0.3 is 10.1 Å². The van der Waals surface area contributed by atoms with E-state index in [0.29, 0.717) is 18.7 Å². The molecule has 1 fully saturated rings. The van der Waals surface area contributed by atoms with E-state index in [-0.39, 0.29) is 10.5 Å². The van der Waals surface area contributed by atoms with Crippen LogP contribution < -0.4 is 5.32 Å². The Hall–Kier alpha value is -3.11. The maximum absolute atomic E-state index is 14.1. The van der Waals surface area contributed by atoms with Gasteiger partial charge in [-0.15, -0.1) is 0 Å². The lowest BCUT2D eigenvalue weighted by molar-refractivity contribution is -0.144. The number of carbonyl (C=O) groups is 2. The Labute approximate surface area is 197 Å². The summed E-state index contributed by atoms with van der Waals surface area (Å²) in [5, 5.41) is 2.30. The second kappa shape index (κ2) is 11.3. The van der Waals surface area contributed by atoms with E-state index >= 15 is 0 Å². The molecule has 2 aromatic carbocycles. The molecule has 0 spiro atoms. The monoisotopic (exact) mass is 492 g/mol. The molecular weight excluding hydrogens is 466 g/mol. The third-order valence-electron chi connectivity index (χ3n) is 5.50. The molecule has 7 nitrogen and oxygen atoms in total. The van der Waals surface area contributed by atoms with Crippen LogP contribution in [0.25, 0.3) is 6.08 Å². The molecule has 1 atom stereocenters. The Balaban J connectivity index is 1.71. The number of methoxy groups -OCH3 is 1. The van der Waals surface area contributed by atoms with E-state index in [9.17, 15) is 26.8 Å². The number of hydrogen-bond donors (Lipinski definition) is 1. The lowest BCUT2D eigenvalue weighted by Crippen LogP contribution is -2.34. The number of rotatable bonds is 7. The number of halogens is 2. The molecule has 0 unspecified atom stereocenters. The van der Waals surface area contributed by atoms with Crippen molar-refractivity contribution in [3.8, 4) is 0 Å². The highest BCUT2D eigenvalue weighted by Crippen LogP contribution is 2.22. The van der Waals surface area contributed by atoms with Crippen LogP contribution in [0.5, 0.6) is 0 Å². The summed E-state index contributed by atoms with van der Waals surface area (Å²) < 4.78 is 59.5. The van der Waals surface area contributed by atoms with E-state index in [0.717, 1.165) is 57.1 Å². The molecule has 34 heavy (non-hydrogen) atoms. The molecule has 2 aromatic rings. The summed E-state index contributed by atoms with van der Waals surface area (Å²) in [6, 6.07) is 7.06. The summed E-state index contributed by atoms with van der Waals surface area (Å²) in [6.07, 6.45) is 6.21. The summed E-state index contributed by atoms with van der Waals surface area (Å²) in [6.45, 7) is 0.995. The topological polar surface area (TPSA) is 92.8 Å². The number of hydrogen-bond acceptors (Lipinski definition) is 5. The molecule has 1 N–H and O–H groups in total. The van der Waals surface area contributed by atoms with Crippen molar-refractivity contribution in [1.29, 1.82) is 0 Å². The molecule has 0 aliphatic carbocycles. The zero-order valence-electron chi connectivity index (χ0n) is 18.7. The summed E-state index contributed by atoms with van der Waals surface area (Å²) in [4.78, 5) is 24.6. The molecule has 182 valence electrons. The Bertz CT molecular complexity index is 1160. The number of nitrogens with zero attached hydrogens (tertiary/aromatic N) is 1. The van der Waals surface area contributed by atoms with Crippen LogP contribution in [0, 0.1) is 11.6 Å². The van der Waals surface area contributed by atoms with E-state index in [1.54, 1.807) is 12.1 Å². The number of carbonyl (C=O) groups excluding carboxylic acids is 2. The Morgan fingerprint density at radius 1 is 1.03 bits per heavy atom. The van der Waals surface area contributed by atoms with Gasteiger partial charge in [-0.25, -0.2) is 22.0 Å². The van der Waals surface area contributed by atoms with Crippen molar-refractivity contribution in [2.24, 2.45) is 0 Å². The maximum atomic E-state index is 14.1. The minimum atomic E-state index is -3.59. The first kappa shape index (κ1) is 25.5. The van der Waals surface area contributed by atoms with Gasteiger partial charge in [-0.2, -0.15) is 4.31 Å². The number of esters is 1. The maximum Gasteiger partial charge on any atom is 0.333 e. The SMILES string of the molecule is COC(=O)[C@H](NC(=O)/C=C/c1ccc(S(=O)(=O)N2CCCCCC2)cc1)c1cc(F)ccc1F. The van der Waals surface area contributed by atoms with Gasteiger partial charge in [0.05, 0.1) is 12.0 Å². The van der Waals surface area contributed by atoms with Crippen molar-refractivity contribution in [3.05, 3.63) is 71.3 Å². The highest BCUT2D eigenvalue weighted by atomic mass is 32.2. The van der Waals surface area contributed by atoms with E-state index in [1.807, 2.05) is 0 Å². The minimum Gasteiger partial charge on any atom is -0.467 e. The number of nitrogens with one attached hydrogen (secondary N) is 1. The lowest BCUT2D eigenvalue weighted by Gasteiger charge is -2.19. The summed E-state index contributed by atoms with van der Waals surface area (Å²) >= 11 is 0. The molecule has 0 saturated carbocycles. The fourth-order valence-electron chi connectivity index (χ4n) is 3.66. The molecule has 0 radical (unpaired) electrons. The molecule has 3 rings (SSSR count). The third-order valence-corrected chi connectivity index (χ3v) is 7.42. The van der Waals surface area contributed by atoms with Crippen molar-refractivity contribution in [2.45, 2.75) is 36.6 Å². The fraction of sp³-hybridized carbons (Fsp3) is 0.333. The fourth-order valence-corrected chi connectivity index (χ4v) is 5.18. The molecule has 0 aromatic heterocycles. The first-order valence-electron chi connectivity index (χ1n) is 10.8. The van der Waals surface area contributed by atoms with Crippen LogP contribution >= 0.6 is 0 Å². The van der Waals surface area contributed by atoms with Gasteiger partial charge in [0, 0.05) is 24.7 Å². The smallest absolute Gasteiger partial charge is 0.333 e. The summed E-state index contributed by atoms with van der Waals surface area (Å²) in [7, 11) is -2.52. The molecule has 1 saturated heterocycles.